The van der Waals surface area contributed by atoms with Crippen LogP contribution in [-0.2, 0) is 4.74 Å². The van der Waals surface area contributed by atoms with E-state index >= 15 is 0 Å². The van der Waals surface area contributed by atoms with E-state index in [2.05, 4.69) is 45.6 Å². The van der Waals surface area contributed by atoms with Crippen LogP contribution in [-0.4, -0.2) is 47.1 Å². The monoisotopic (exact) mass is 485 g/mol. The number of nitrogens with zero attached hydrogens (tertiary/aromatic N) is 3. The zero-order valence-electron chi connectivity index (χ0n) is 19.5. The minimum absolute atomic E-state index is 0.0989. The number of thiazole rings is 1. The van der Waals surface area contributed by atoms with Crippen LogP contribution in [0.15, 0.2) is 78.4 Å². The molecule has 3 heterocycles. The first-order valence-electron chi connectivity index (χ1n) is 11.6. The lowest BCUT2D eigenvalue weighted by Crippen LogP contribution is -2.46. The molecule has 1 aliphatic rings. The van der Waals surface area contributed by atoms with E-state index in [1.807, 2.05) is 54.0 Å². The second-order valence-electron chi connectivity index (χ2n) is 8.37. The van der Waals surface area contributed by atoms with Crippen LogP contribution in [0.3, 0.4) is 0 Å². The Balaban J connectivity index is 1.40. The molecule has 1 fully saturated rings. The average molecular weight is 486 g/mol. The van der Waals surface area contributed by atoms with Gasteiger partial charge in [0.2, 0.25) is 0 Å². The fourth-order valence-corrected chi connectivity index (χ4v) is 4.79. The van der Waals surface area contributed by atoms with Crippen molar-refractivity contribution >= 4 is 28.1 Å². The van der Waals surface area contributed by atoms with Crippen LogP contribution in [0.4, 0.5) is 10.8 Å². The summed E-state index contributed by atoms with van der Waals surface area (Å²) in [5, 5.41) is 9.54. The standard InChI is InChI=1S/C27H27N5O2S/c1-19-9-10-21(16-23(19)29-27-30-24(18-35-27)22-8-5-11-28-17-22)25(32-12-14-34-15-13-32)31-26(33)20-6-3-2-4-7-20/h2-11,16-18,25H,12-15H2,1H3,(H,29,30)(H,31,33). The van der Waals surface area contributed by atoms with Crippen LogP contribution in [0.2, 0.25) is 0 Å². The van der Waals surface area contributed by atoms with Crippen molar-refractivity contribution in [2.45, 2.75) is 13.1 Å². The predicted octanol–water partition coefficient (Wildman–Crippen LogP) is 5.02. The van der Waals surface area contributed by atoms with Crippen molar-refractivity contribution in [2.75, 3.05) is 31.6 Å². The summed E-state index contributed by atoms with van der Waals surface area (Å²) in [5.41, 5.74) is 5.58. The summed E-state index contributed by atoms with van der Waals surface area (Å²) in [7, 11) is 0. The number of morpholine rings is 1. The van der Waals surface area contributed by atoms with Gasteiger partial charge >= 0.3 is 0 Å². The first kappa shape index (κ1) is 23.2. The fourth-order valence-electron chi connectivity index (χ4n) is 4.06. The van der Waals surface area contributed by atoms with Gasteiger partial charge in [-0.1, -0.05) is 30.3 Å². The number of carbonyl (C=O) groups excluding carboxylic acids is 1. The van der Waals surface area contributed by atoms with Crippen molar-refractivity contribution in [1.29, 1.82) is 0 Å². The molecule has 4 aromatic rings. The molecule has 0 saturated carbocycles. The minimum Gasteiger partial charge on any atom is -0.379 e. The number of carbonyl (C=O) groups is 1. The van der Waals surface area contributed by atoms with E-state index < -0.39 is 0 Å². The van der Waals surface area contributed by atoms with Gasteiger partial charge in [-0.15, -0.1) is 11.3 Å². The van der Waals surface area contributed by atoms with Crippen LogP contribution < -0.4 is 10.6 Å². The molecule has 1 atom stereocenters. The Hall–Kier alpha value is -3.59. The molecule has 2 aromatic heterocycles. The lowest BCUT2D eigenvalue weighted by atomic mass is 10.1. The van der Waals surface area contributed by atoms with E-state index in [1.54, 1.807) is 17.5 Å². The van der Waals surface area contributed by atoms with Crippen molar-refractivity contribution in [3.05, 3.63) is 95.1 Å². The van der Waals surface area contributed by atoms with Gasteiger partial charge in [0, 0.05) is 47.7 Å². The van der Waals surface area contributed by atoms with Crippen LogP contribution >= 0.6 is 11.3 Å². The van der Waals surface area contributed by atoms with E-state index in [0.717, 1.165) is 46.3 Å². The summed E-state index contributed by atoms with van der Waals surface area (Å²) in [6.45, 7) is 4.85. The second kappa shape index (κ2) is 10.8. The van der Waals surface area contributed by atoms with Gasteiger partial charge in [0.25, 0.3) is 5.91 Å². The van der Waals surface area contributed by atoms with E-state index in [1.165, 1.54) is 0 Å². The number of hydrogen-bond donors (Lipinski definition) is 2. The van der Waals surface area contributed by atoms with Gasteiger partial charge in [-0.2, -0.15) is 0 Å². The highest BCUT2D eigenvalue weighted by Gasteiger charge is 2.25. The molecular weight excluding hydrogens is 458 g/mol. The number of benzene rings is 2. The summed E-state index contributed by atoms with van der Waals surface area (Å²) in [4.78, 5) is 24.2. The smallest absolute Gasteiger partial charge is 0.252 e. The quantitative estimate of drug-likeness (QED) is 0.383. The predicted molar refractivity (Wildman–Crippen MR) is 139 cm³/mol. The van der Waals surface area contributed by atoms with Crippen LogP contribution in [0, 0.1) is 6.92 Å². The van der Waals surface area contributed by atoms with Crippen molar-refractivity contribution < 1.29 is 9.53 Å². The zero-order valence-corrected chi connectivity index (χ0v) is 20.3. The number of pyridine rings is 1. The molecule has 0 aliphatic carbocycles. The molecule has 5 rings (SSSR count). The highest BCUT2D eigenvalue weighted by atomic mass is 32.1. The van der Waals surface area contributed by atoms with Gasteiger partial charge in [0.1, 0.15) is 6.17 Å². The Morgan fingerprint density at radius 2 is 1.91 bits per heavy atom. The molecule has 178 valence electrons. The van der Waals surface area contributed by atoms with Gasteiger partial charge in [0.15, 0.2) is 5.13 Å². The zero-order chi connectivity index (χ0) is 24.0. The SMILES string of the molecule is Cc1ccc(C(NC(=O)c2ccccc2)N2CCOCC2)cc1Nc1nc(-c2cccnc2)cs1. The molecular formula is C27H27N5O2S. The molecule has 0 radical (unpaired) electrons. The molecule has 2 N–H and O–H groups in total. The third-order valence-corrected chi connectivity index (χ3v) is 6.75. The maximum absolute atomic E-state index is 13.1. The molecule has 1 unspecified atom stereocenters. The number of aromatic nitrogens is 2. The molecule has 8 heteroatoms. The van der Waals surface area contributed by atoms with Gasteiger partial charge in [-0.3, -0.25) is 14.7 Å². The molecule has 1 amide bonds. The van der Waals surface area contributed by atoms with E-state index in [0.29, 0.717) is 18.8 Å². The number of ether oxygens (including phenoxy) is 1. The molecule has 7 nitrogen and oxygen atoms in total. The number of aryl methyl sites for hydroxylation is 1. The van der Waals surface area contributed by atoms with E-state index in [9.17, 15) is 4.79 Å². The Labute approximate surface area is 208 Å². The second-order valence-corrected chi connectivity index (χ2v) is 9.23. The Morgan fingerprint density at radius 3 is 2.69 bits per heavy atom. The normalized spacial score (nSPS) is 14.9. The van der Waals surface area contributed by atoms with Gasteiger partial charge in [-0.05, 0) is 48.4 Å². The maximum Gasteiger partial charge on any atom is 0.252 e. The lowest BCUT2D eigenvalue weighted by molar-refractivity contribution is 0.00848. The van der Waals surface area contributed by atoms with Crippen molar-refractivity contribution in [1.82, 2.24) is 20.2 Å². The average Bonchev–Trinajstić information content (AvgIpc) is 3.39. The Kier molecular flexibility index (Phi) is 7.13. The Morgan fingerprint density at radius 1 is 1.09 bits per heavy atom. The van der Waals surface area contributed by atoms with E-state index in [-0.39, 0.29) is 12.1 Å². The summed E-state index contributed by atoms with van der Waals surface area (Å²) in [6, 6.07) is 19.5. The Bertz CT molecular complexity index is 1270. The molecule has 0 bridgehead atoms. The van der Waals surface area contributed by atoms with Gasteiger partial charge in [-0.25, -0.2) is 4.98 Å². The maximum atomic E-state index is 13.1. The van der Waals surface area contributed by atoms with Crippen molar-refractivity contribution in [3.8, 4) is 11.3 Å². The molecule has 2 aromatic carbocycles. The summed E-state index contributed by atoms with van der Waals surface area (Å²) < 4.78 is 5.56. The van der Waals surface area contributed by atoms with Gasteiger partial charge in [0.05, 0.1) is 18.9 Å². The summed E-state index contributed by atoms with van der Waals surface area (Å²) in [6.07, 6.45) is 3.30. The summed E-state index contributed by atoms with van der Waals surface area (Å²) >= 11 is 1.55. The first-order chi connectivity index (χ1) is 17.2. The molecule has 35 heavy (non-hydrogen) atoms. The molecule has 1 aliphatic heterocycles. The number of amides is 1. The summed E-state index contributed by atoms with van der Waals surface area (Å²) in [5.74, 6) is -0.0989. The van der Waals surface area contributed by atoms with E-state index in [4.69, 9.17) is 9.72 Å². The number of hydrogen-bond acceptors (Lipinski definition) is 7. The third kappa shape index (κ3) is 5.57. The third-order valence-electron chi connectivity index (χ3n) is 6.00. The highest BCUT2D eigenvalue weighted by Crippen LogP contribution is 2.30. The van der Waals surface area contributed by atoms with Crippen LogP contribution in [0.1, 0.15) is 27.7 Å². The largest absolute Gasteiger partial charge is 0.379 e. The molecule has 1 saturated heterocycles. The first-order valence-corrected chi connectivity index (χ1v) is 12.5. The van der Waals surface area contributed by atoms with Crippen LogP contribution in [0.25, 0.3) is 11.3 Å². The highest BCUT2D eigenvalue weighted by molar-refractivity contribution is 7.14. The molecule has 0 spiro atoms. The van der Waals surface area contributed by atoms with Gasteiger partial charge < -0.3 is 15.4 Å². The topological polar surface area (TPSA) is 79.4 Å². The number of anilines is 2. The van der Waals surface area contributed by atoms with Crippen molar-refractivity contribution in [2.24, 2.45) is 0 Å². The minimum atomic E-state index is -0.269. The van der Waals surface area contributed by atoms with Crippen molar-refractivity contribution in [3.63, 3.8) is 0 Å². The number of nitrogens with one attached hydrogen (secondary N) is 2. The lowest BCUT2D eigenvalue weighted by Gasteiger charge is -2.35. The van der Waals surface area contributed by atoms with Crippen LogP contribution in [0.5, 0.6) is 0 Å². The number of rotatable bonds is 7. The fraction of sp³-hybridized carbons (Fsp3) is 0.222.